The van der Waals surface area contributed by atoms with E-state index in [1.165, 1.54) is 21.3 Å². The normalized spacial score (nSPS) is 11.8. The van der Waals surface area contributed by atoms with Gasteiger partial charge in [-0.25, -0.2) is 0 Å². The highest BCUT2D eigenvalue weighted by molar-refractivity contribution is 5.95. The van der Waals surface area contributed by atoms with Crippen LogP contribution in [0.1, 0.15) is 31.1 Å². The van der Waals surface area contributed by atoms with Crippen LogP contribution in [-0.2, 0) is 9.53 Å². The molecule has 0 aliphatic heterocycles. The van der Waals surface area contributed by atoms with Gasteiger partial charge in [-0.1, -0.05) is 6.92 Å². The topological polar surface area (TPSA) is 65.1 Å². The van der Waals surface area contributed by atoms with E-state index in [1.54, 1.807) is 30.0 Å². The van der Waals surface area contributed by atoms with Gasteiger partial charge in [-0.15, -0.1) is 0 Å². The van der Waals surface area contributed by atoms with Gasteiger partial charge >= 0.3 is 5.97 Å². The summed E-state index contributed by atoms with van der Waals surface area (Å²) in [6.07, 6.45) is 0. The zero-order chi connectivity index (χ0) is 17.6. The highest BCUT2D eigenvalue weighted by atomic mass is 16.5. The Morgan fingerprint density at radius 3 is 1.91 bits per heavy atom. The summed E-state index contributed by atoms with van der Waals surface area (Å²) in [5.74, 6) is 0.147. The van der Waals surface area contributed by atoms with Crippen LogP contribution in [0.5, 0.6) is 11.5 Å². The van der Waals surface area contributed by atoms with E-state index in [4.69, 9.17) is 14.2 Å². The van der Waals surface area contributed by atoms with Crippen LogP contribution in [-0.4, -0.2) is 50.7 Å². The first-order valence-corrected chi connectivity index (χ1v) is 7.45. The third kappa shape index (κ3) is 4.87. The van der Waals surface area contributed by atoms with E-state index in [1.807, 2.05) is 13.8 Å². The Labute approximate surface area is 137 Å². The summed E-state index contributed by atoms with van der Waals surface area (Å²) in [5.41, 5.74) is 0.451. The van der Waals surface area contributed by atoms with Crippen molar-refractivity contribution in [2.24, 2.45) is 5.92 Å². The number of carbonyl (C=O) groups excluding carboxylic acids is 2. The fraction of sp³-hybridized carbons (Fsp3) is 0.529. The number of methoxy groups -OCH3 is 3. The zero-order valence-electron chi connectivity index (χ0n) is 14.6. The maximum absolute atomic E-state index is 12.8. The van der Waals surface area contributed by atoms with Crippen LogP contribution >= 0.6 is 0 Å². The third-order valence-electron chi connectivity index (χ3n) is 3.56. The molecule has 6 heteroatoms. The number of rotatable bonds is 7. The number of carbonyl (C=O) groups is 2. The Morgan fingerprint density at radius 2 is 1.52 bits per heavy atom. The van der Waals surface area contributed by atoms with Gasteiger partial charge in [-0.05, 0) is 26.0 Å². The summed E-state index contributed by atoms with van der Waals surface area (Å²) in [6, 6.07) is 4.95. The minimum atomic E-state index is -0.404. The smallest absolute Gasteiger partial charge is 0.310 e. The van der Waals surface area contributed by atoms with Gasteiger partial charge in [-0.3, -0.25) is 9.59 Å². The first-order chi connectivity index (χ1) is 10.8. The van der Waals surface area contributed by atoms with Crippen LogP contribution < -0.4 is 9.47 Å². The van der Waals surface area contributed by atoms with E-state index in [-0.39, 0.29) is 24.5 Å². The van der Waals surface area contributed by atoms with Gasteiger partial charge in [0.1, 0.15) is 11.5 Å². The van der Waals surface area contributed by atoms with E-state index < -0.39 is 5.92 Å². The zero-order valence-corrected chi connectivity index (χ0v) is 14.6. The summed E-state index contributed by atoms with van der Waals surface area (Å²) in [4.78, 5) is 26.1. The molecule has 6 nitrogen and oxygen atoms in total. The summed E-state index contributed by atoms with van der Waals surface area (Å²) in [5, 5.41) is 0. The number of nitrogens with zero attached hydrogens (tertiary/aromatic N) is 1. The first kappa shape index (κ1) is 18.8. The van der Waals surface area contributed by atoms with Gasteiger partial charge in [-0.2, -0.15) is 0 Å². The molecule has 1 unspecified atom stereocenters. The van der Waals surface area contributed by atoms with Crippen LogP contribution in [0.2, 0.25) is 0 Å². The lowest BCUT2D eigenvalue weighted by Crippen LogP contribution is -2.41. The summed E-state index contributed by atoms with van der Waals surface area (Å²) in [7, 11) is 4.40. The van der Waals surface area contributed by atoms with Crippen molar-refractivity contribution in [1.29, 1.82) is 0 Å². The molecule has 0 aromatic heterocycles. The predicted molar refractivity (Wildman–Crippen MR) is 86.9 cm³/mol. The largest absolute Gasteiger partial charge is 0.497 e. The molecule has 0 bridgehead atoms. The predicted octanol–water partition coefficient (Wildman–Crippen LogP) is 2.36. The number of hydrogen-bond acceptors (Lipinski definition) is 5. The van der Waals surface area contributed by atoms with Crippen molar-refractivity contribution in [3.63, 3.8) is 0 Å². The molecule has 0 fully saturated rings. The van der Waals surface area contributed by atoms with Gasteiger partial charge in [0.05, 0.1) is 27.2 Å². The van der Waals surface area contributed by atoms with E-state index in [2.05, 4.69) is 0 Å². The second-order valence-electron chi connectivity index (χ2n) is 5.58. The molecule has 1 aromatic rings. The molecule has 0 aliphatic carbocycles. The molecule has 0 radical (unpaired) electrons. The molecular weight excluding hydrogens is 298 g/mol. The number of amides is 1. The molecule has 0 N–H and O–H groups in total. The Hall–Kier alpha value is -2.24. The second-order valence-corrected chi connectivity index (χ2v) is 5.58. The van der Waals surface area contributed by atoms with Crippen molar-refractivity contribution in [3.05, 3.63) is 23.8 Å². The molecule has 0 saturated carbocycles. The van der Waals surface area contributed by atoms with Crippen LogP contribution in [0.25, 0.3) is 0 Å². The van der Waals surface area contributed by atoms with Crippen molar-refractivity contribution in [2.75, 3.05) is 27.9 Å². The molecular formula is C17H25NO5. The molecule has 1 rings (SSSR count). The van der Waals surface area contributed by atoms with Gasteiger partial charge in [0, 0.05) is 24.2 Å². The van der Waals surface area contributed by atoms with Crippen molar-refractivity contribution in [3.8, 4) is 11.5 Å². The van der Waals surface area contributed by atoms with Crippen LogP contribution in [0.15, 0.2) is 18.2 Å². The minimum absolute atomic E-state index is 0.0631. The highest BCUT2D eigenvalue weighted by Crippen LogP contribution is 2.24. The fourth-order valence-corrected chi connectivity index (χ4v) is 2.20. The standard InChI is InChI=1S/C17H25NO5/c1-11(2)18(10-12(3)17(20)23-6)16(19)13-7-14(21-4)9-15(8-13)22-5/h7-9,11-12H,10H2,1-6H3. The average molecular weight is 323 g/mol. The molecule has 0 saturated heterocycles. The molecule has 128 valence electrons. The fourth-order valence-electron chi connectivity index (χ4n) is 2.20. The average Bonchev–Trinajstić information content (AvgIpc) is 2.56. The lowest BCUT2D eigenvalue weighted by Gasteiger charge is -2.29. The van der Waals surface area contributed by atoms with Gasteiger partial charge in [0.15, 0.2) is 0 Å². The van der Waals surface area contributed by atoms with Crippen molar-refractivity contribution in [2.45, 2.75) is 26.8 Å². The lowest BCUT2D eigenvalue weighted by molar-refractivity contribution is -0.145. The SMILES string of the molecule is COC(=O)C(C)CN(C(=O)c1cc(OC)cc(OC)c1)C(C)C. The van der Waals surface area contributed by atoms with Crippen LogP contribution in [0.4, 0.5) is 0 Å². The van der Waals surface area contributed by atoms with E-state index in [0.29, 0.717) is 17.1 Å². The first-order valence-electron chi connectivity index (χ1n) is 7.45. The third-order valence-corrected chi connectivity index (χ3v) is 3.56. The lowest BCUT2D eigenvalue weighted by atomic mass is 10.1. The molecule has 1 atom stereocenters. The molecule has 0 aliphatic rings. The Morgan fingerprint density at radius 1 is 1.00 bits per heavy atom. The maximum atomic E-state index is 12.8. The van der Waals surface area contributed by atoms with Gasteiger partial charge < -0.3 is 19.1 Å². The molecule has 1 amide bonds. The van der Waals surface area contributed by atoms with Crippen molar-refractivity contribution >= 4 is 11.9 Å². The summed E-state index contributed by atoms with van der Waals surface area (Å²) in [6.45, 7) is 5.82. The van der Waals surface area contributed by atoms with E-state index in [9.17, 15) is 9.59 Å². The van der Waals surface area contributed by atoms with Gasteiger partial charge in [0.2, 0.25) is 0 Å². The number of benzene rings is 1. The number of esters is 1. The molecule has 0 heterocycles. The summed E-state index contributed by atoms with van der Waals surface area (Å²) < 4.78 is 15.1. The Kier molecular flexibility index (Phi) is 6.88. The molecule has 1 aromatic carbocycles. The summed E-state index contributed by atoms with van der Waals surface area (Å²) >= 11 is 0. The molecule has 23 heavy (non-hydrogen) atoms. The van der Waals surface area contributed by atoms with Crippen molar-refractivity contribution < 1.29 is 23.8 Å². The monoisotopic (exact) mass is 323 g/mol. The second kappa shape index (κ2) is 8.41. The van der Waals surface area contributed by atoms with E-state index in [0.717, 1.165) is 0 Å². The quantitative estimate of drug-likeness (QED) is 0.721. The minimum Gasteiger partial charge on any atom is -0.497 e. The van der Waals surface area contributed by atoms with Crippen LogP contribution in [0, 0.1) is 5.92 Å². The highest BCUT2D eigenvalue weighted by Gasteiger charge is 2.25. The number of hydrogen-bond donors (Lipinski definition) is 0. The van der Waals surface area contributed by atoms with Crippen molar-refractivity contribution in [1.82, 2.24) is 4.90 Å². The van der Waals surface area contributed by atoms with Gasteiger partial charge in [0.25, 0.3) is 5.91 Å². The Bertz CT molecular complexity index is 534. The maximum Gasteiger partial charge on any atom is 0.310 e. The van der Waals surface area contributed by atoms with E-state index >= 15 is 0 Å². The molecule has 0 spiro atoms. The van der Waals surface area contributed by atoms with Crippen LogP contribution in [0.3, 0.4) is 0 Å². The Balaban J connectivity index is 3.08. The number of ether oxygens (including phenoxy) is 3.